The smallest absolute Gasteiger partial charge is 0.330 e. The zero-order valence-electron chi connectivity index (χ0n) is 7.08. The molecule has 0 aromatic rings. The standard InChI is InChI=1S/C9H12O3/c1-2-12-9(10)6-8-4-3-5-11-7-8/h3,5-6H,2,4,7H2,1H3/b8-6-. The summed E-state index contributed by atoms with van der Waals surface area (Å²) in [6, 6.07) is 0. The number of allylic oxidation sites excluding steroid dienone is 1. The Bertz CT molecular complexity index is 216. The number of hydrogen-bond donors (Lipinski definition) is 0. The normalized spacial score (nSPS) is 18.9. The Labute approximate surface area is 71.7 Å². The molecule has 0 spiro atoms. The van der Waals surface area contributed by atoms with Crippen molar-refractivity contribution < 1.29 is 14.3 Å². The van der Waals surface area contributed by atoms with Crippen LogP contribution in [0.1, 0.15) is 13.3 Å². The largest absolute Gasteiger partial charge is 0.497 e. The van der Waals surface area contributed by atoms with Gasteiger partial charge in [0.25, 0.3) is 0 Å². The maximum Gasteiger partial charge on any atom is 0.330 e. The predicted molar refractivity (Wildman–Crippen MR) is 44.4 cm³/mol. The average molecular weight is 168 g/mol. The molecule has 12 heavy (non-hydrogen) atoms. The summed E-state index contributed by atoms with van der Waals surface area (Å²) >= 11 is 0. The van der Waals surface area contributed by atoms with E-state index < -0.39 is 0 Å². The van der Waals surface area contributed by atoms with Crippen LogP contribution in [0.3, 0.4) is 0 Å². The number of carbonyl (C=O) groups is 1. The molecular formula is C9H12O3. The first-order valence-corrected chi connectivity index (χ1v) is 3.95. The lowest BCUT2D eigenvalue weighted by Crippen LogP contribution is -2.05. The molecule has 66 valence electrons. The summed E-state index contributed by atoms with van der Waals surface area (Å²) in [5.41, 5.74) is 0.955. The van der Waals surface area contributed by atoms with E-state index in [0.717, 1.165) is 12.0 Å². The Morgan fingerprint density at radius 1 is 1.83 bits per heavy atom. The third-order valence-electron chi connectivity index (χ3n) is 1.45. The second-order valence-corrected chi connectivity index (χ2v) is 2.44. The Kier molecular flexibility index (Phi) is 3.38. The van der Waals surface area contributed by atoms with Crippen molar-refractivity contribution >= 4 is 5.97 Å². The summed E-state index contributed by atoms with van der Waals surface area (Å²) in [4.78, 5) is 10.9. The third kappa shape index (κ3) is 2.78. The van der Waals surface area contributed by atoms with Crippen molar-refractivity contribution in [1.82, 2.24) is 0 Å². The van der Waals surface area contributed by atoms with E-state index in [1.165, 1.54) is 6.08 Å². The SMILES string of the molecule is CCOC(=O)/C=C1/CC=COC1. The molecule has 1 aliphatic rings. The van der Waals surface area contributed by atoms with Crippen molar-refractivity contribution in [3.05, 3.63) is 24.0 Å². The van der Waals surface area contributed by atoms with Gasteiger partial charge in [-0.25, -0.2) is 4.79 Å². The van der Waals surface area contributed by atoms with Crippen LogP contribution < -0.4 is 0 Å². The molecule has 0 unspecified atom stereocenters. The van der Waals surface area contributed by atoms with Gasteiger partial charge in [-0.15, -0.1) is 0 Å². The molecule has 0 atom stereocenters. The van der Waals surface area contributed by atoms with Gasteiger partial charge < -0.3 is 9.47 Å². The number of esters is 1. The fourth-order valence-electron chi connectivity index (χ4n) is 0.933. The van der Waals surface area contributed by atoms with Crippen molar-refractivity contribution in [3.63, 3.8) is 0 Å². The van der Waals surface area contributed by atoms with Gasteiger partial charge in [-0.3, -0.25) is 0 Å². The predicted octanol–water partition coefficient (Wildman–Crippen LogP) is 1.41. The molecule has 1 aliphatic heterocycles. The summed E-state index contributed by atoms with van der Waals surface area (Å²) in [5, 5.41) is 0. The quantitative estimate of drug-likeness (QED) is 0.462. The van der Waals surface area contributed by atoms with E-state index in [2.05, 4.69) is 0 Å². The highest BCUT2D eigenvalue weighted by atomic mass is 16.5. The summed E-state index contributed by atoms with van der Waals surface area (Å²) in [7, 11) is 0. The van der Waals surface area contributed by atoms with Gasteiger partial charge in [-0.2, -0.15) is 0 Å². The van der Waals surface area contributed by atoms with E-state index >= 15 is 0 Å². The summed E-state index contributed by atoms with van der Waals surface area (Å²) in [6.45, 7) is 2.70. The highest BCUT2D eigenvalue weighted by molar-refractivity contribution is 5.82. The van der Waals surface area contributed by atoms with Crippen LogP contribution in [0.15, 0.2) is 24.0 Å². The van der Waals surface area contributed by atoms with Crippen LogP contribution in [0.4, 0.5) is 0 Å². The lowest BCUT2D eigenvalue weighted by Gasteiger charge is -2.08. The lowest BCUT2D eigenvalue weighted by molar-refractivity contribution is -0.137. The van der Waals surface area contributed by atoms with Crippen molar-refractivity contribution in [1.29, 1.82) is 0 Å². The molecule has 3 nitrogen and oxygen atoms in total. The first kappa shape index (κ1) is 8.84. The fraction of sp³-hybridized carbons (Fsp3) is 0.444. The van der Waals surface area contributed by atoms with Gasteiger partial charge >= 0.3 is 5.97 Å². The Morgan fingerprint density at radius 2 is 2.67 bits per heavy atom. The molecule has 3 heteroatoms. The molecule has 0 bridgehead atoms. The summed E-state index contributed by atoms with van der Waals surface area (Å²) in [6.07, 6.45) is 5.78. The van der Waals surface area contributed by atoms with Crippen molar-refractivity contribution in [2.24, 2.45) is 0 Å². The molecule has 0 radical (unpaired) electrons. The molecule has 0 aromatic carbocycles. The van der Waals surface area contributed by atoms with Gasteiger partial charge in [0.1, 0.15) is 6.61 Å². The van der Waals surface area contributed by atoms with E-state index in [0.29, 0.717) is 13.2 Å². The topological polar surface area (TPSA) is 35.5 Å². The zero-order valence-corrected chi connectivity index (χ0v) is 7.08. The van der Waals surface area contributed by atoms with Crippen LogP contribution >= 0.6 is 0 Å². The van der Waals surface area contributed by atoms with Gasteiger partial charge in [0.05, 0.1) is 12.9 Å². The van der Waals surface area contributed by atoms with Gasteiger partial charge in [-0.1, -0.05) is 0 Å². The number of hydrogen-bond acceptors (Lipinski definition) is 3. The maximum atomic E-state index is 10.9. The van der Waals surface area contributed by atoms with Crippen LogP contribution in [-0.4, -0.2) is 19.2 Å². The van der Waals surface area contributed by atoms with Crippen LogP contribution in [0.5, 0.6) is 0 Å². The second-order valence-electron chi connectivity index (χ2n) is 2.44. The van der Waals surface area contributed by atoms with E-state index in [9.17, 15) is 4.79 Å². The Morgan fingerprint density at radius 3 is 3.25 bits per heavy atom. The molecule has 1 heterocycles. The van der Waals surface area contributed by atoms with E-state index in [-0.39, 0.29) is 5.97 Å². The molecule has 0 N–H and O–H groups in total. The molecule has 0 aromatic heterocycles. The Hall–Kier alpha value is -1.25. The molecular weight excluding hydrogens is 156 g/mol. The maximum absolute atomic E-state index is 10.9. The molecule has 0 amide bonds. The summed E-state index contributed by atoms with van der Waals surface area (Å²) in [5.74, 6) is -0.286. The van der Waals surface area contributed by atoms with Crippen LogP contribution in [0.2, 0.25) is 0 Å². The summed E-state index contributed by atoms with van der Waals surface area (Å²) < 4.78 is 9.75. The van der Waals surface area contributed by atoms with Crippen molar-refractivity contribution in [2.45, 2.75) is 13.3 Å². The van der Waals surface area contributed by atoms with Crippen molar-refractivity contribution in [3.8, 4) is 0 Å². The van der Waals surface area contributed by atoms with E-state index in [1.54, 1.807) is 13.2 Å². The minimum atomic E-state index is -0.286. The molecule has 0 aliphatic carbocycles. The minimum Gasteiger partial charge on any atom is -0.497 e. The minimum absolute atomic E-state index is 0.286. The average Bonchev–Trinajstić information content (AvgIpc) is 2.06. The first-order valence-electron chi connectivity index (χ1n) is 3.95. The van der Waals surface area contributed by atoms with E-state index in [1.807, 2.05) is 6.08 Å². The van der Waals surface area contributed by atoms with Crippen LogP contribution in [0.25, 0.3) is 0 Å². The second kappa shape index (κ2) is 4.59. The number of ether oxygens (including phenoxy) is 2. The van der Waals surface area contributed by atoms with Gasteiger partial charge in [0.2, 0.25) is 0 Å². The van der Waals surface area contributed by atoms with Gasteiger partial charge in [0.15, 0.2) is 0 Å². The molecule has 0 saturated carbocycles. The van der Waals surface area contributed by atoms with E-state index in [4.69, 9.17) is 9.47 Å². The fourth-order valence-corrected chi connectivity index (χ4v) is 0.933. The van der Waals surface area contributed by atoms with Gasteiger partial charge in [0, 0.05) is 6.08 Å². The van der Waals surface area contributed by atoms with Crippen LogP contribution in [0, 0.1) is 0 Å². The third-order valence-corrected chi connectivity index (χ3v) is 1.45. The monoisotopic (exact) mass is 168 g/mol. The molecule has 0 saturated heterocycles. The first-order chi connectivity index (χ1) is 5.83. The highest BCUT2D eigenvalue weighted by Crippen LogP contribution is 2.09. The van der Waals surface area contributed by atoms with Gasteiger partial charge in [-0.05, 0) is 25.0 Å². The highest BCUT2D eigenvalue weighted by Gasteiger charge is 2.03. The zero-order chi connectivity index (χ0) is 8.81. The van der Waals surface area contributed by atoms with Crippen LogP contribution in [-0.2, 0) is 14.3 Å². The Balaban J connectivity index is 2.44. The number of rotatable bonds is 2. The lowest BCUT2D eigenvalue weighted by atomic mass is 10.1. The molecule has 1 rings (SSSR count). The van der Waals surface area contributed by atoms with Crippen molar-refractivity contribution in [2.75, 3.05) is 13.2 Å². The molecule has 0 fully saturated rings. The number of carbonyl (C=O) groups excluding carboxylic acids is 1.